The van der Waals surface area contributed by atoms with Crippen LogP contribution >= 0.6 is 0 Å². The fourth-order valence-corrected chi connectivity index (χ4v) is 2.39. The first-order valence-electron chi connectivity index (χ1n) is 7.12. The second-order valence-corrected chi connectivity index (χ2v) is 7.13. The van der Waals surface area contributed by atoms with Gasteiger partial charge in [0.05, 0.1) is 0 Å². The SMILES string of the molecule is CC(C)C1(C)CCCN(C(=O)OC(C)(C)C)CC1. The standard InChI is InChI=1S/C15H29NO2/c1-12(2)15(6)8-7-10-16(11-9-15)13(17)18-14(3,4)5/h12H,7-11H2,1-6H3. The molecule has 1 rings (SSSR count). The fraction of sp³-hybridized carbons (Fsp3) is 0.933. The van der Waals surface area contributed by atoms with Gasteiger partial charge in [0.25, 0.3) is 0 Å². The van der Waals surface area contributed by atoms with Crippen LogP contribution in [0.1, 0.15) is 60.8 Å². The summed E-state index contributed by atoms with van der Waals surface area (Å²) in [6.07, 6.45) is 3.19. The van der Waals surface area contributed by atoms with E-state index >= 15 is 0 Å². The molecule has 0 aliphatic carbocycles. The summed E-state index contributed by atoms with van der Waals surface area (Å²) < 4.78 is 5.45. The molecule has 1 unspecified atom stereocenters. The van der Waals surface area contributed by atoms with Crippen LogP contribution in [0.15, 0.2) is 0 Å². The third-order valence-corrected chi connectivity index (χ3v) is 4.17. The van der Waals surface area contributed by atoms with Gasteiger partial charge in [-0.05, 0) is 51.4 Å². The molecule has 1 saturated heterocycles. The summed E-state index contributed by atoms with van der Waals surface area (Å²) in [5, 5.41) is 0. The van der Waals surface area contributed by atoms with Gasteiger partial charge in [-0.1, -0.05) is 20.8 Å². The molecule has 3 heteroatoms. The molecule has 0 saturated carbocycles. The highest BCUT2D eigenvalue weighted by Gasteiger charge is 2.33. The Morgan fingerprint density at radius 3 is 2.33 bits per heavy atom. The van der Waals surface area contributed by atoms with Gasteiger partial charge in [0, 0.05) is 13.1 Å². The molecule has 1 atom stereocenters. The molecule has 0 radical (unpaired) electrons. The lowest BCUT2D eigenvalue weighted by Crippen LogP contribution is -2.37. The Labute approximate surface area is 112 Å². The Kier molecular flexibility index (Phi) is 4.68. The second-order valence-electron chi connectivity index (χ2n) is 7.13. The van der Waals surface area contributed by atoms with Crippen molar-refractivity contribution >= 4 is 6.09 Å². The summed E-state index contributed by atoms with van der Waals surface area (Å²) in [7, 11) is 0. The molecule has 0 bridgehead atoms. The third kappa shape index (κ3) is 4.18. The highest BCUT2D eigenvalue weighted by atomic mass is 16.6. The quantitative estimate of drug-likeness (QED) is 0.707. The average molecular weight is 255 g/mol. The molecule has 106 valence electrons. The number of hydrogen-bond acceptors (Lipinski definition) is 2. The van der Waals surface area contributed by atoms with E-state index in [2.05, 4.69) is 20.8 Å². The monoisotopic (exact) mass is 255 g/mol. The average Bonchev–Trinajstić information content (AvgIpc) is 2.38. The summed E-state index contributed by atoms with van der Waals surface area (Å²) in [6.45, 7) is 14.3. The fourth-order valence-electron chi connectivity index (χ4n) is 2.39. The third-order valence-electron chi connectivity index (χ3n) is 4.17. The normalized spacial score (nSPS) is 26.1. The maximum Gasteiger partial charge on any atom is 0.410 e. The minimum Gasteiger partial charge on any atom is -0.444 e. The summed E-state index contributed by atoms with van der Waals surface area (Å²) in [5.41, 5.74) is -0.0402. The Bertz CT molecular complexity index is 293. The summed E-state index contributed by atoms with van der Waals surface area (Å²) in [6, 6.07) is 0. The van der Waals surface area contributed by atoms with Gasteiger partial charge in [0.15, 0.2) is 0 Å². The number of rotatable bonds is 1. The molecule has 1 aliphatic rings. The van der Waals surface area contributed by atoms with Crippen molar-refractivity contribution in [1.82, 2.24) is 4.90 Å². The summed E-state index contributed by atoms with van der Waals surface area (Å²) in [5.74, 6) is 0.663. The Hall–Kier alpha value is -0.730. The van der Waals surface area contributed by atoms with Gasteiger partial charge in [-0.3, -0.25) is 0 Å². The van der Waals surface area contributed by atoms with Crippen molar-refractivity contribution in [2.75, 3.05) is 13.1 Å². The van der Waals surface area contributed by atoms with Crippen LogP contribution in [0.4, 0.5) is 4.79 Å². The maximum absolute atomic E-state index is 12.1. The molecule has 0 spiro atoms. The predicted molar refractivity (Wildman–Crippen MR) is 74.6 cm³/mol. The first-order valence-corrected chi connectivity index (χ1v) is 7.12. The van der Waals surface area contributed by atoms with E-state index in [1.165, 1.54) is 6.42 Å². The highest BCUT2D eigenvalue weighted by molar-refractivity contribution is 5.68. The van der Waals surface area contributed by atoms with Crippen molar-refractivity contribution < 1.29 is 9.53 Å². The molecule has 1 amide bonds. The molecule has 0 aromatic rings. The second kappa shape index (κ2) is 5.50. The van der Waals surface area contributed by atoms with Crippen molar-refractivity contribution in [3.8, 4) is 0 Å². The minimum absolute atomic E-state index is 0.157. The minimum atomic E-state index is -0.398. The predicted octanol–water partition coefficient (Wildman–Crippen LogP) is 4.07. The zero-order chi connectivity index (χ0) is 14.0. The molecular formula is C15H29NO2. The van der Waals surface area contributed by atoms with Crippen LogP contribution in [0.3, 0.4) is 0 Å². The van der Waals surface area contributed by atoms with Crippen molar-refractivity contribution in [2.45, 2.75) is 66.4 Å². The number of amides is 1. The van der Waals surface area contributed by atoms with E-state index < -0.39 is 5.60 Å². The lowest BCUT2D eigenvalue weighted by Gasteiger charge is -2.32. The number of hydrogen-bond donors (Lipinski definition) is 0. The summed E-state index contributed by atoms with van der Waals surface area (Å²) in [4.78, 5) is 13.9. The number of nitrogens with zero attached hydrogens (tertiary/aromatic N) is 1. The first-order chi connectivity index (χ1) is 8.14. The lowest BCUT2D eigenvalue weighted by molar-refractivity contribution is 0.0248. The lowest BCUT2D eigenvalue weighted by atomic mass is 9.73. The van der Waals surface area contributed by atoms with E-state index in [4.69, 9.17) is 4.74 Å². The first kappa shape index (κ1) is 15.3. The van der Waals surface area contributed by atoms with Crippen LogP contribution in [0.2, 0.25) is 0 Å². The van der Waals surface area contributed by atoms with E-state index in [0.717, 1.165) is 25.9 Å². The van der Waals surface area contributed by atoms with Crippen LogP contribution in [-0.4, -0.2) is 29.7 Å². The largest absolute Gasteiger partial charge is 0.444 e. The van der Waals surface area contributed by atoms with Gasteiger partial charge in [-0.15, -0.1) is 0 Å². The molecule has 0 aromatic carbocycles. The Morgan fingerprint density at radius 2 is 1.83 bits per heavy atom. The van der Waals surface area contributed by atoms with E-state index in [0.29, 0.717) is 11.3 Å². The van der Waals surface area contributed by atoms with Crippen LogP contribution < -0.4 is 0 Å². The molecule has 1 heterocycles. The smallest absolute Gasteiger partial charge is 0.410 e. The molecule has 0 N–H and O–H groups in total. The maximum atomic E-state index is 12.1. The number of carbonyl (C=O) groups excluding carboxylic acids is 1. The van der Waals surface area contributed by atoms with Crippen LogP contribution in [-0.2, 0) is 4.74 Å². The van der Waals surface area contributed by atoms with Gasteiger partial charge >= 0.3 is 6.09 Å². The Balaban J connectivity index is 2.60. The Morgan fingerprint density at radius 1 is 1.22 bits per heavy atom. The number of ether oxygens (including phenoxy) is 1. The van der Waals surface area contributed by atoms with Crippen LogP contribution in [0.25, 0.3) is 0 Å². The van der Waals surface area contributed by atoms with Gasteiger partial charge in [0.2, 0.25) is 0 Å². The van der Waals surface area contributed by atoms with Crippen molar-refractivity contribution in [1.29, 1.82) is 0 Å². The van der Waals surface area contributed by atoms with Gasteiger partial charge < -0.3 is 9.64 Å². The topological polar surface area (TPSA) is 29.5 Å². The molecule has 3 nitrogen and oxygen atoms in total. The van der Waals surface area contributed by atoms with Gasteiger partial charge in [-0.25, -0.2) is 4.79 Å². The zero-order valence-corrected chi connectivity index (χ0v) is 12.9. The van der Waals surface area contributed by atoms with Crippen molar-refractivity contribution in [2.24, 2.45) is 11.3 Å². The number of carbonyl (C=O) groups is 1. The zero-order valence-electron chi connectivity index (χ0n) is 12.9. The van der Waals surface area contributed by atoms with Gasteiger partial charge in [0.1, 0.15) is 5.60 Å². The molecule has 18 heavy (non-hydrogen) atoms. The van der Waals surface area contributed by atoms with E-state index in [9.17, 15) is 4.79 Å². The number of likely N-dealkylation sites (tertiary alicyclic amines) is 1. The molecular weight excluding hydrogens is 226 g/mol. The van der Waals surface area contributed by atoms with Crippen LogP contribution in [0, 0.1) is 11.3 Å². The van der Waals surface area contributed by atoms with Crippen molar-refractivity contribution in [3.05, 3.63) is 0 Å². The van der Waals surface area contributed by atoms with E-state index in [-0.39, 0.29) is 6.09 Å². The highest BCUT2D eigenvalue weighted by Crippen LogP contribution is 2.38. The van der Waals surface area contributed by atoms with E-state index in [1.54, 1.807) is 0 Å². The van der Waals surface area contributed by atoms with Crippen molar-refractivity contribution in [3.63, 3.8) is 0 Å². The molecule has 1 fully saturated rings. The van der Waals surface area contributed by atoms with E-state index in [1.807, 2.05) is 25.7 Å². The molecule has 1 aliphatic heterocycles. The molecule has 0 aromatic heterocycles. The van der Waals surface area contributed by atoms with Crippen LogP contribution in [0.5, 0.6) is 0 Å². The van der Waals surface area contributed by atoms with Gasteiger partial charge in [-0.2, -0.15) is 0 Å². The summed E-state index contributed by atoms with van der Waals surface area (Å²) >= 11 is 0.